The largest absolute Gasteiger partial charge is 0.394 e. The summed E-state index contributed by atoms with van der Waals surface area (Å²) in [5.41, 5.74) is 1.64. The maximum absolute atomic E-state index is 12.6. The molecule has 2 N–H and O–H groups in total. The number of rotatable bonds is 4. The number of carbonyl (C=O) groups excluding carboxylic acids is 1. The first-order valence-corrected chi connectivity index (χ1v) is 10.7. The fourth-order valence-corrected chi connectivity index (χ4v) is 4.45. The van der Waals surface area contributed by atoms with Crippen molar-refractivity contribution >= 4 is 22.9 Å². The Labute approximate surface area is 179 Å². The molecule has 1 spiro atoms. The van der Waals surface area contributed by atoms with Crippen LogP contribution in [0.1, 0.15) is 55.1 Å². The lowest BCUT2D eigenvalue weighted by Gasteiger charge is -2.45. The minimum atomic E-state index is -0.678. The third-order valence-corrected chi connectivity index (χ3v) is 5.97. The van der Waals surface area contributed by atoms with Crippen molar-refractivity contribution in [3.63, 3.8) is 0 Å². The zero-order valence-electron chi connectivity index (χ0n) is 17.1. The first kappa shape index (κ1) is 20.0. The number of hydrogen-bond acceptors (Lipinski definition) is 7. The summed E-state index contributed by atoms with van der Waals surface area (Å²) >= 11 is 0. The van der Waals surface area contributed by atoms with Gasteiger partial charge in [0.2, 0.25) is 0 Å². The molecule has 0 radical (unpaired) electrons. The molecular weight excluding hydrogens is 398 g/mol. The highest BCUT2D eigenvalue weighted by Crippen LogP contribution is 2.42. The smallest absolute Gasteiger partial charge is 0.256 e. The van der Waals surface area contributed by atoms with Crippen LogP contribution in [0.3, 0.4) is 0 Å². The van der Waals surface area contributed by atoms with Gasteiger partial charge in [-0.3, -0.25) is 9.36 Å². The van der Waals surface area contributed by atoms with Crippen molar-refractivity contribution in [3.8, 4) is 0 Å². The molecule has 0 aliphatic carbocycles. The van der Waals surface area contributed by atoms with Crippen molar-refractivity contribution in [1.29, 1.82) is 0 Å². The molecule has 2 fully saturated rings. The van der Waals surface area contributed by atoms with E-state index in [0.717, 1.165) is 38.5 Å². The van der Waals surface area contributed by atoms with Crippen LogP contribution in [0.25, 0.3) is 11.2 Å². The summed E-state index contributed by atoms with van der Waals surface area (Å²) in [5, 5.41) is 12.4. The number of fused-ring (bicyclic) bond motifs is 1. The summed E-state index contributed by atoms with van der Waals surface area (Å²) in [7, 11) is 0. The molecule has 0 bridgehead atoms. The van der Waals surface area contributed by atoms with E-state index in [-0.39, 0.29) is 24.8 Å². The Morgan fingerprint density at radius 3 is 2.74 bits per heavy atom. The van der Waals surface area contributed by atoms with Crippen LogP contribution in [0.15, 0.2) is 43.0 Å². The summed E-state index contributed by atoms with van der Waals surface area (Å²) in [6, 6.07) is 8.96. The van der Waals surface area contributed by atoms with E-state index < -0.39 is 5.79 Å². The number of anilines is 1. The van der Waals surface area contributed by atoms with E-state index in [1.54, 1.807) is 18.5 Å². The number of nitrogens with one attached hydrogen (secondary N) is 1. The van der Waals surface area contributed by atoms with E-state index in [9.17, 15) is 9.90 Å². The topological polar surface area (TPSA) is 111 Å². The van der Waals surface area contributed by atoms with Gasteiger partial charge in [0.05, 0.1) is 19.0 Å². The standard InChI is InChI=1S/C22H25N5O4/c28-12-16-8-4-10-22(30-16)11-5-9-17(31-22)27-14-25-18-19(23-13-24-20(18)27)26-21(29)15-6-2-1-3-7-15/h1-3,6-7,13-14,16-17,28H,4-5,8-12H2,(H,23,24,26,29)/t16-,17-,22-/m0/s1. The summed E-state index contributed by atoms with van der Waals surface area (Å²) in [6.45, 7) is 0.00147. The number of imidazole rings is 1. The van der Waals surface area contributed by atoms with Crippen LogP contribution in [0, 0.1) is 0 Å². The van der Waals surface area contributed by atoms with Gasteiger partial charge in [-0.1, -0.05) is 18.2 Å². The molecule has 3 atom stereocenters. The second-order valence-corrected chi connectivity index (χ2v) is 8.06. The molecule has 2 aliphatic rings. The minimum Gasteiger partial charge on any atom is -0.394 e. The Morgan fingerprint density at radius 2 is 1.94 bits per heavy atom. The van der Waals surface area contributed by atoms with Crippen LogP contribution in [-0.2, 0) is 9.47 Å². The van der Waals surface area contributed by atoms with Crippen molar-refractivity contribution in [2.45, 2.75) is 56.6 Å². The van der Waals surface area contributed by atoms with Crippen molar-refractivity contribution < 1.29 is 19.4 Å². The van der Waals surface area contributed by atoms with Crippen molar-refractivity contribution in [2.75, 3.05) is 11.9 Å². The molecule has 4 heterocycles. The predicted molar refractivity (Wildman–Crippen MR) is 112 cm³/mol. The monoisotopic (exact) mass is 423 g/mol. The van der Waals surface area contributed by atoms with E-state index in [0.29, 0.717) is 22.5 Å². The SMILES string of the molecule is O=C(Nc1ncnc2c1ncn2[C@@H]1CCC[C@]2(CCC[C@@H](CO)O2)O1)c1ccccc1. The van der Waals surface area contributed by atoms with E-state index in [4.69, 9.17) is 9.47 Å². The van der Waals surface area contributed by atoms with Crippen LogP contribution in [0.2, 0.25) is 0 Å². The van der Waals surface area contributed by atoms with Crippen LogP contribution in [-0.4, -0.2) is 49.0 Å². The molecule has 2 aliphatic heterocycles. The molecule has 9 heteroatoms. The van der Waals surface area contributed by atoms with E-state index in [1.807, 2.05) is 22.8 Å². The number of aromatic nitrogens is 4. The predicted octanol–water partition coefficient (Wildman–Crippen LogP) is 3.04. The van der Waals surface area contributed by atoms with Crippen LogP contribution < -0.4 is 5.32 Å². The number of nitrogens with zero attached hydrogens (tertiary/aromatic N) is 4. The Kier molecular flexibility index (Phi) is 5.39. The first-order chi connectivity index (χ1) is 15.2. The van der Waals surface area contributed by atoms with Gasteiger partial charge < -0.3 is 19.9 Å². The van der Waals surface area contributed by atoms with Gasteiger partial charge in [-0.05, 0) is 37.8 Å². The van der Waals surface area contributed by atoms with E-state index in [2.05, 4.69) is 20.3 Å². The highest BCUT2D eigenvalue weighted by molar-refractivity contribution is 6.06. The summed E-state index contributed by atoms with van der Waals surface area (Å²) in [4.78, 5) is 25.6. The second-order valence-electron chi connectivity index (χ2n) is 8.06. The summed E-state index contributed by atoms with van der Waals surface area (Å²) in [5.74, 6) is -0.575. The Bertz CT molecular complexity index is 1070. The van der Waals surface area contributed by atoms with Crippen molar-refractivity contribution in [3.05, 3.63) is 48.5 Å². The van der Waals surface area contributed by atoms with E-state index >= 15 is 0 Å². The maximum Gasteiger partial charge on any atom is 0.256 e. The van der Waals surface area contributed by atoms with Crippen LogP contribution in [0.4, 0.5) is 5.82 Å². The normalized spacial score (nSPS) is 26.2. The number of aliphatic hydroxyl groups excluding tert-OH is 1. The van der Waals surface area contributed by atoms with Gasteiger partial charge in [0.15, 0.2) is 22.8 Å². The average Bonchev–Trinajstić information content (AvgIpc) is 3.25. The highest BCUT2D eigenvalue weighted by atomic mass is 16.7. The summed E-state index contributed by atoms with van der Waals surface area (Å²) in [6.07, 6.45) is 7.77. The van der Waals surface area contributed by atoms with Gasteiger partial charge in [0.25, 0.3) is 5.91 Å². The molecule has 0 unspecified atom stereocenters. The van der Waals surface area contributed by atoms with Crippen LogP contribution in [0.5, 0.6) is 0 Å². The molecule has 1 amide bonds. The Morgan fingerprint density at radius 1 is 1.13 bits per heavy atom. The molecule has 31 heavy (non-hydrogen) atoms. The van der Waals surface area contributed by atoms with E-state index in [1.165, 1.54) is 6.33 Å². The molecule has 2 aromatic heterocycles. The molecule has 162 valence electrons. The van der Waals surface area contributed by atoms with Crippen LogP contribution >= 0.6 is 0 Å². The number of hydrogen-bond donors (Lipinski definition) is 2. The number of benzene rings is 1. The highest BCUT2D eigenvalue weighted by Gasteiger charge is 2.43. The Hall–Kier alpha value is -2.88. The maximum atomic E-state index is 12.6. The lowest BCUT2D eigenvalue weighted by molar-refractivity contribution is -0.330. The molecule has 1 aromatic carbocycles. The fraction of sp³-hybridized carbons (Fsp3) is 0.455. The molecule has 3 aromatic rings. The second kappa shape index (κ2) is 8.33. The quantitative estimate of drug-likeness (QED) is 0.663. The van der Waals surface area contributed by atoms with Gasteiger partial charge in [-0.2, -0.15) is 0 Å². The minimum absolute atomic E-state index is 0.00147. The fourth-order valence-electron chi connectivity index (χ4n) is 4.45. The average molecular weight is 423 g/mol. The number of amides is 1. The van der Waals surface area contributed by atoms with Gasteiger partial charge in [-0.15, -0.1) is 0 Å². The molecule has 0 saturated carbocycles. The van der Waals surface area contributed by atoms with Gasteiger partial charge in [0, 0.05) is 18.4 Å². The van der Waals surface area contributed by atoms with Gasteiger partial charge >= 0.3 is 0 Å². The Balaban J connectivity index is 1.40. The third-order valence-electron chi connectivity index (χ3n) is 5.97. The number of carbonyl (C=O) groups is 1. The lowest BCUT2D eigenvalue weighted by Crippen LogP contribution is -2.47. The number of aliphatic hydroxyl groups is 1. The third kappa shape index (κ3) is 3.91. The number of ether oxygens (including phenoxy) is 2. The molecular formula is C22H25N5O4. The van der Waals surface area contributed by atoms with Crippen molar-refractivity contribution in [2.24, 2.45) is 0 Å². The zero-order chi connectivity index (χ0) is 21.3. The molecule has 5 rings (SSSR count). The van der Waals surface area contributed by atoms with Gasteiger partial charge in [0.1, 0.15) is 12.6 Å². The van der Waals surface area contributed by atoms with Gasteiger partial charge in [-0.25, -0.2) is 15.0 Å². The van der Waals surface area contributed by atoms with Crippen molar-refractivity contribution in [1.82, 2.24) is 19.5 Å². The summed E-state index contributed by atoms with van der Waals surface area (Å²) < 4.78 is 14.4. The molecule has 2 saturated heterocycles. The zero-order valence-corrected chi connectivity index (χ0v) is 17.1. The molecule has 9 nitrogen and oxygen atoms in total. The lowest BCUT2D eigenvalue weighted by atomic mass is 9.94. The first-order valence-electron chi connectivity index (χ1n) is 10.7.